The van der Waals surface area contributed by atoms with Gasteiger partial charge in [0.05, 0.1) is 5.56 Å². The van der Waals surface area contributed by atoms with Gasteiger partial charge in [0, 0.05) is 23.1 Å². The Morgan fingerprint density at radius 1 is 0.962 bits per heavy atom. The highest BCUT2D eigenvalue weighted by molar-refractivity contribution is 9.10. The molecule has 3 aromatic carbocycles. The second-order valence-electron chi connectivity index (χ2n) is 5.74. The minimum absolute atomic E-state index is 0.117. The number of hydrogen-bond donors (Lipinski definition) is 2. The number of rotatable bonds is 5. The van der Waals surface area contributed by atoms with E-state index in [0.29, 0.717) is 10.2 Å². The van der Waals surface area contributed by atoms with Crippen molar-refractivity contribution in [3.8, 4) is 0 Å². The third kappa shape index (κ3) is 4.46. The quantitative estimate of drug-likeness (QED) is 0.645. The maximum Gasteiger partial charge on any atom is 0.252 e. The van der Waals surface area contributed by atoms with Crippen LogP contribution in [0, 0.1) is 5.82 Å². The first-order valence-electron chi connectivity index (χ1n) is 8.05. The summed E-state index contributed by atoms with van der Waals surface area (Å²) in [6.45, 7) is 0.154. The first-order chi connectivity index (χ1) is 12.5. The van der Waals surface area contributed by atoms with Gasteiger partial charge >= 0.3 is 0 Å². The molecule has 2 N–H and O–H groups in total. The van der Waals surface area contributed by atoms with E-state index in [-0.39, 0.29) is 24.4 Å². The highest BCUT2D eigenvalue weighted by Gasteiger charge is 2.11. The third-order valence-corrected chi connectivity index (χ3v) is 4.54. The minimum Gasteiger partial charge on any atom is -0.351 e. The van der Waals surface area contributed by atoms with Gasteiger partial charge in [-0.25, -0.2) is 4.39 Å². The standard InChI is InChI=1S/C20H16BrFN2O2/c21-18-8-6-15(22)12-17(18)20(26)23-10-9-19(25)24-16-7-5-13-3-1-2-4-14(13)11-16/h1-8,11-12H,9-10H2,(H,23,26)(H,24,25). The molecular formula is C20H16BrFN2O2. The molecule has 0 aliphatic carbocycles. The van der Waals surface area contributed by atoms with E-state index in [1.54, 1.807) is 0 Å². The number of fused-ring (bicyclic) bond motifs is 1. The van der Waals surface area contributed by atoms with Crippen molar-refractivity contribution in [1.82, 2.24) is 5.32 Å². The molecule has 0 fully saturated rings. The summed E-state index contributed by atoms with van der Waals surface area (Å²) in [6, 6.07) is 17.4. The smallest absolute Gasteiger partial charge is 0.252 e. The summed E-state index contributed by atoms with van der Waals surface area (Å²) < 4.78 is 13.7. The molecular weight excluding hydrogens is 399 g/mol. The fourth-order valence-corrected chi connectivity index (χ4v) is 2.97. The predicted octanol–water partition coefficient (Wildman–Crippen LogP) is 4.50. The monoisotopic (exact) mass is 414 g/mol. The summed E-state index contributed by atoms with van der Waals surface area (Å²) in [4.78, 5) is 24.1. The third-order valence-electron chi connectivity index (χ3n) is 3.84. The van der Waals surface area contributed by atoms with Crippen molar-refractivity contribution >= 4 is 44.2 Å². The van der Waals surface area contributed by atoms with Crippen LogP contribution in [0.1, 0.15) is 16.8 Å². The molecule has 0 radical (unpaired) electrons. The highest BCUT2D eigenvalue weighted by atomic mass is 79.9. The molecule has 0 atom stereocenters. The maximum atomic E-state index is 13.2. The van der Waals surface area contributed by atoms with E-state index in [1.165, 1.54) is 12.1 Å². The average Bonchev–Trinajstić information content (AvgIpc) is 2.63. The Morgan fingerprint density at radius 3 is 2.54 bits per heavy atom. The first-order valence-corrected chi connectivity index (χ1v) is 8.84. The van der Waals surface area contributed by atoms with Crippen molar-refractivity contribution in [3.05, 3.63) is 76.5 Å². The number of carbonyl (C=O) groups is 2. The van der Waals surface area contributed by atoms with Crippen molar-refractivity contribution in [2.75, 3.05) is 11.9 Å². The molecule has 26 heavy (non-hydrogen) atoms. The normalized spacial score (nSPS) is 10.5. The summed E-state index contributed by atoms with van der Waals surface area (Å²) in [7, 11) is 0. The predicted molar refractivity (Wildman–Crippen MR) is 104 cm³/mol. The van der Waals surface area contributed by atoms with Crippen molar-refractivity contribution in [2.45, 2.75) is 6.42 Å². The lowest BCUT2D eigenvalue weighted by molar-refractivity contribution is -0.116. The number of hydrogen-bond acceptors (Lipinski definition) is 2. The number of nitrogens with one attached hydrogen (secondary N) is 2. The number of amides is 2. The van der Waals surface area contributed by atoms with Crippen LogP contribution in [0.15, 0.2) is 65.1 Å². The highest BCUT2D eigenvalue weighted by Crippen LogP contribution is 2.19. The maximum absolute atomic E-state index is 13.2. The molecule has 0 saturated carbocycles. The van der Waals surface area contributed by atoms with E-state index < -0.39 is 11.7 Å². The second kappa shape index (κ2) is 8.10. The summed E-state index contributed by atoms with van der Waals surface area (Å²) in [5.41, 5.74) is 0.896. The van der Waals surface area contributed by atoms with E-state index in [0.717, 1.165) is 16.8 Å². The van der Waals surface area contributed by atoms with Crippen LogP contribution in [0.2, 0.25) is 0 Å². The molecule has 0 aliphatic rings. The summed E-state index contributed by atoms with van der Waals surface area (Å²) in [5, 5.41) is 7.56. The Hall–Kier alpha value is -2.73. The molecule has 4 nitrogen and oxygen atoms in total. The van der Waals surface area contributed by atoms with Crippen LogP contribution >= 0.6 is 15.9 Å². The van der Waals surface area contributed by atoms with Crippen LogP contribution in [0.25, 0.3) is 10.8 Å². The number of anilines is 1. The van der Waals surface area contributed by atoms with E-state index >= 15 is 0 Å². The van der Waals surface area contributed by atoms with Gasteiger partial charge in [0.25, 0.3) is 5.91 Å². The molecule has 2 amide bonds. The van der Waals surface area contributed by atoms with Crippen LogP contribution in [0.4, 0.5) is 10.1 Å². The van der Waals surface area contributed by atoms with Crippen molar-refractivity contribution in [2.24, 2.45) is 0 Å². The van der Waals surface area contributed by atoms with Gasteiger partial charge in [-0.3, -0.25) is 9.59 Å². The zero-order valence-electron chi connectivity index (χ0n) is 13.8. The molecule has 0 spiro atoms. The average molecular weight is 415 g/mol. The zero-order chi connectivity index (χ0) is 18.5. The number of halogens is 2. The van der Waals surface area contributed by atoms with Gasteiger partial charge in [0.2, 0.25) is 5.91 Å². The molecule has 0 heterocycles. The van der Waals surface area contributed by atoms with E-state index in [2.05, 4.69) is 26.6 Å². The van der Waals surface area contributed by atoms with E-state index in [4.69, 9.17) is 0 Å². The van der Waals surface area contributed by atoms with Crippen LogP contribution in [-0.2, 0) is 4.79 Å². The zero-order valence-corrected chi connectivity index (χ0v) is 15.3. The molecule has 0 saturated heterocycles. The largest absolute Gasteiger partial charge is 0.351 e. The van der Waals surface area contributed by atoms with Gasteiger partial charge in [-0.2, -0.15) is 0 Å². The number of benzene rings is 3. The summed E-state index contributed by atoms with van der Waals surface area (Å²) in [6.07, 6.45) is 0.117. The van der Waals surface area contributed by atoms with Crippen LogP contribution in [0.5, 0.6) is 0 Å². The molecule has 3 rings (SSSR count). The van der Waals surface area contributed by atoms with Gasteiger partial charge in [-0.05, 0) is 57.0 Å². The summed E-state index contributed by atoms with van der Waals surface area (Å²) in [5.74, 6) is -1.14. The second-order valence-corrected chi connectivity index (χ2v) is 6.59. The number of carbonyl (C=O) groups excluding carboxylic acids is 2. The molecule has 0 aromatic heterocycles. The fraction of sp³-hybridized carbons (Fsp3) is 0.100. The topological polar surface area (TPSA) is 58.2 Å². The molecule has 0 bridgehead atoms. The van der Waals surface area contributed by atoms with Gasteiger partial charge in [-0.1, -0.05) is 30.3 Å². The van der Waals surface area contributed by atoms with Crippen LogP contribution in [-0.4, -0.2) is 18.4 Å². The van der Waals surface area contributed by atoms with Gasteiger partial charge in [0.1, 0.15) is 5.82 Å². The molecule has 0 aliphatic heterocycles. The SMILES string of the molecule is O=C(CCNC(=O)c1cc(F)ccc1Br)Nc1ccc2ccccc2c1. The van der Waals surface area contributed by atoms with Crippen LogP contribution in [0.3, 0.4) is 0 Å². The van der Waals surface area contributed by atoms with E-state index in [9.17, 15) is 14.0 Å². The Morgan fingerprint density at radius 2 is 1.73 bits per heavy atom. The van der Waals surface area contributed by atoms with Gasteiger partial charge < -0.3 is 10.6 Å². The van der Waals surface area contributed by atoms with Gasteiger partial charge in [-0.15, -0.1) is 0 Å². The Balaban J connectivity index is 1.53. The molecule has 3 aromatic rings. The fourth-order valence-electron chi connectivity index (χ4n) is 2.55. The Kier molecular flexibility index (Phi) is 5.63. The van der Waals surface area contributed by atoms with E-state index in [1.807, 2.05) is 42.5 Å². The first kappa shape index (κ1) is 18.1. The van der Waals surface area contributed by atoms with Crippen molar-refractivity contribution < 1.29 is 14.0 Å². The van der Waals surface area contributed by atoms with Crippen LogP contribution < -0.4 is 10.6 Å². The Bertz CT molecular complexity index is 975. The molecule has 132 valence electrons. The van der Waals surface area contributed by atoms with Crippen molar-refractivity contribution in [3.63, 3.8) is 0 Å². The van der Waals surface area contributed by atoms with Gasteiger partial charge in [0.15, 0.2) is 0 Å². The lowest BCUT2D eigenvalue weighted by atomic mass is 10.1. The molecule has 6 heteroatoms. The summed E-state index contributed by atoms with van der Waals surface area (Å²) >= 11 is 3.21. The minimum atomic E-state index is -0.493. The lowest BCUT2D eigenvalue weighted by Crippen LogP contribution is -2.28. The Labute approximate surface area is 158 Å². The lowest BCUT2D eigenvalue weighted by Gasteiger charge is -2.09. The van der Waals surface area contributed by atoms with Crippen molar-refractivity contribution in [1.29, 1.82) is 0 Å². The molecule has 0 unspecified atom stereocenters.